The van der Waals surface area contributed by atoms with E-state index in [2.05, 4.69) is 4.74 Å². The number of carboxylic acids is 1. The molecule has 0 aliphatic rings. The Balaban J connectivity index is 2.67. The summed E-state index contributed by atoms with van der Waals surface area (Å²) >= 11 is 0. The summed E-state index contributed by atoms with van der Waals surface area (Å²) < 4.78 is 4.23. The molecule has 1 aromatic rings. The molecule has 1 unspecified atom stereocenters. The van der Waals surface area contributed by atoms with Crippen LogP contribution in [0.25, 0.3) is 0 Å². The Morgan fingerprint density at radius 3 is 2.27 bits per heavy atom. The Labute approximate surface area is 85.9 Å². The van der Waals surface area contributed by atoms with Gasteiger partial charge in [-0.25, -0.2) is 9.59 Å². The Kier molecular flexibility index (Phi) is 3.68. The Bertz CT molecular complexity index is 346. The fourth-order valence-corrected chi connectivity index (χ4v) is 1.13. The van der Waals surface area contributed by atoms with Crippen LogP contribution in [0.1, 0.15) is 5.56 Å². The maximum absolute atomic E-state index is 10.7. The highest BCUT2D eigenvalue weighted by Gasteiger charge is 2.22. The van der Waals surface area contributed by atoms with Crippen LogP contribution in [0.3, 0.4) is 0 Å². The van der Waals surface area contributed by atoms with E-state index in [1.54, 1.807) is 30.3 Å². The van der Waals surface area contributed by atoms with Crippen LogP contribution in [-0.2, 0) is 16.0 Å². The third kappa shape index (κ3) is 3.68. The third-order valence-corrected chi connectivity index (χ3v) is 1.78. The van der Waals surface area contributed by atoms with Gasteiger partial charge in [0, 0.05) is 6.42 Å². The molecule has 0 aliphatic carbocycles. The van der Waals surface area contributed by atoms with E-state index >= 15 is 0 Å². The molecule has 0 heterocycles. The summed E-state index contributed by atoms with van der Waals surface area (Å²) in [5.41, 5.74) is 0.714. The second-order valence-corrected chi connectivity index (χ2v) is 2.90. The molecule has 0 saturated carbocycles. The summed E-state index contributed by atoms with van der Waals surface area (Å²) in [7, 11) is 0. The average Bonchev–Trinajstić information content (AvgIpc) is 2.17. The summed E-state index contributed by atoms with van der Waals surface area (Å²) in [6.07, 6.45) is -2.91. The number of benzene rings is 1. The maximum Gasteiger partial charge on any atom is 0.506 e. The van der Waals surface area contributed by atoms with Gasteiger partial charge in [0.1, 0.15) is 0 Å². The largest absolute Gasteiger partial charge is 0.506 e. The van der Waals surface area contributed by atoms with Gasteiger partial charge in [0.05, 0.1) is 0 Å². The summed E-state index contributed by atoms with van der Waals surface area (Å²) in [4.78, 5) is 20.9. The van der Waals surface area contributed by atoms with E-state index in [4.69, 9.17) is 10.2 Å². The van der Waals surface area contributed by atoms with E-state index in [9.17, 15) is 9.59 Å². The Hall–Kier alpha value is -2.04. The molecule has 1 aromatic carbocycles. The minimum absolute atomic E-state index is 0.0302. The van der Waals surface area contributed by atoms with Crippen LogP contribution >= 0.6 is 0 Å². The van der Waals surface area contributed by atoms with E-state index in [1.807, 2.05) is 0 Å². The lowest BCUT2D eigenvalue weighted by Crippen LogP contribution is -2.28. The monoisotopic (exact) mass is 210 g/mol. The standard InChI is InChI=1S/C10H10O5/c11-9(12)8(15-10(13)14)6-7-4-2-1-3-5-7/h1-5,8H,6H2,(H,11,12)(H,13,14). The van der Waals surface area contributed by atoms with E-state index in [0.717, 1.165) is 0 Å². The molecule has 0 amide bonds. The fourth-order valence-electron chi connectivity index (χ4n) is 1.13. The van der Waals surface area contributed by atoms with Crippen LogP contribution < -0.4 is 0 Å². The van der Waals surface area contributed by atoms with Crippen molar-refractivity contribution in [1.29, 1.82) is 0 Å². The highest BCUT2D eigenvalue weighted by atomic mass is 16.7. The van der Waals surface area contributed by atoms with Gasteiger partial charge in [-0.15, -0.1) is 0 Å². The first-order chi connectivity index (χ1) is 7.09. The summed E-state index contributed by atoms with van der Waals surface area (Å²) in [6.45, 7) is 0. The van der Waals surface area contributed by atoms with Crippen molar-refractivity contribution in [2.24, 2.45) is 0 Å². The molecule has 5 nitrogen and oxygen atoms in total. The van der Waals surface area contributed by atoms with Crippen molar-refractivity contribution in [2.75, 3.05) is 0 Å². The van der Waals surface area contributed by atoms with Gasteiger partial charge in [-0.2, -0.15) is 0 Å². The van der Waals surface area contributed by atoms with Crippen molar-refractivity contribution in [3.05, 3.63) is 35.9 Å². The number of hydrogen-bond donors (Lipinski definition) is 2. The van der Waals surface area contributed by atoms with E-state index in [0.29, 0.717) is 5.56 Å². The molecular weight excluding hydrogens is 200 g/mol. The number of rotatable bonds is 4. The molecule has 2 N–H and O–H groups in total. The number of aliphatic carboxylic acids is 1. The molecule has 5 heteroatoms. The first-order valence-electron chi connectivity index (χ1n) is 4.26. The zero-order valence-corrected chi connectivity index (χ0v) is 7.79. The lowest BCUT2D eigenvalue weighted by molar-refractivity contribution is -0.147. The van der Waals surface area contributed by atoms with Gasteiger partial charge >= 0.3 is 12.1 Å². The smallest absolute Gasteiger partial charge is 0.478 e. The topological polar surface area (TPSA) is 83.8 Å². The van der Waals surface area contributed by atoms with Gasteiger partial charge in [-0.05, 0) is 5.56 Å². The number of carbonyl (C=O) groups is 2. The molecular formula is C10H10O5. The molecule has 0 aliphatic heterocycles. The number of ether oxygens (including phenoxy) is 1. The highest BCUT2D eigenvalue weighted by molar-refractivity contribution is 5.75. The summed E-state index contributed by atoms with van der Waals surface area (Å²) in [6, 6.07) is 8.70. The summed E-state index contributed by atoms with van der Waals surface area (Å²) in [5, 5.41) is 17.0. The lowest BCUT2D eigenvalue weighted by atomic mass is 10.1. The summed E-state index contributed by atoms with van der Waals surface area (Å²) in [5.74, 6) is -1.29. The molecule has 0 fully saturated rings. The van der Waals surface area contributed by atoms with Gasteiger partial charge in [0.15, 0.2) is 0 Å². The molecule has 1 atom stereocenters. The van der Waals surface area contributed by atoms with Crippen molar-refractivity contribution in [3.63, 3.8) is 0 Å². The number of hydrogen-bond acceptors (Lipinski definition) is 3. The van der Waals surface area contributed by atoms with Crippen molar-refractivity contribution in [1.82, 2.24) is 0 Å². The molecule has 1 rings (SSSR count). The second kappa shape index (κ2) is 4.99. The van der Waals surface area contributed by atoms with Crippen LogP contribution in [0, 0.1) is 0 Å². The fraction of sp³-hybridized carbons (Fsp3) is 0.200. The van der Waals surface area contributed by atoms with Crippen LogP contribution in [0.15, 0.2) is 30.3 Å². The van der Waals surface area contributed by atoms with Gasteiger partial charge in [0.2, 0.25) is 6.10 Å². The Morgan fingerprint density at radius 1 is 1.20 bits per heavy atom. The third-order valence-electron chi connectivity index (χ3n) is 1.78. The van der Waals surface area contributed by atoms with Gasteiger partial charge in [-0.1, -0.05) is 30.3 Å². The zero-order chi connectivity index (χ0) is 11.3. The van der Waals surface area contributed by atoms with Gasteiger partial charge in [0.25, 0.3) is 0 Å². The molecule has 80 valence electrons. The maximum atomic E-state index is 10.7. The first kappa shape index (κ1) is 11.0. The van der Waals surface area contributed by atoms with E-state index in [-0.39, 0.29) is 6.42 Å². The highest BCUT2D eigenvalue weighted by Crippen LogP contribution is 2.06. The van der Waals surface area contributed by atoms with Gasteiger partial charge in [-0.3, -0.25) is 0 Å². The van der Waals surface area contributed by atoms with Crippen LogP contribution in [0.2, 0.25) is 0 Å². The second-order valence-electron chi connectivity index (χ2n) is 2.90. The molecule has 0 bridgehead atoms. The van der Waals surface area contributed by atoms with Crippen LogP contribution in [0.5, 0.6) is 0 Å². The van der Waals surface area contributed by atoms with Crippen LogP contribution in [-0.4, -0.2) is 28.4 Å². The van der Waals surface area contributed by atoms with Crippen molar-refractivity contribution in [2.45, 2.75) is 12.5 Å². The predicted octanol–water partition coefficient (Wildman–Crippen LogP) is 1.38. The SMILES string of the molecule is O=C(O)OC(Cc1ccccc1)C(=O)O. The molecule has 0 spiro atoms. The average molecular weight is 210 g/mol. The lowest BCUT2D eigenvalue weighted by Gasteiger charge is -2.10. The molecule has 0 saturated heterocycles. The van der Waals surface area contributed by atoms with E-state index in [1.165, 1.54) is 0 Å². The molecule has 15 heavy (non-hydrogen) atoms. The molecule has 0 aromatic heterocycles. The van der Waals surface area contributed by atoms with Crippen molar-refractivity contribution in [3.8, 4) is 0 Å². The minimum Gasteiger partial charge on any atom is -0.478 e. The van der Waals surface area contributed by atoms with Gasteiger partial charge < -0.3 is 14.9 Å². The molecule has 0 radical (unpaired) electrons. The van der Waals surface area contributed by atoms with Crippen LogP contribution in [0.4, 0.5) is 4.79 Å². The van der Waals surface area contributed by atoms with Crippen molar-refractivity contribution < 1.29 is 24.5 Å². The normalized spacial score (nSPS) is 11.7. The quantitative estimate of drug-likeness (QED) is 0.733. The van der Waals surface area contributed by atoms with Crippen molar-refractivity contribution >= 4 is 12.1 Å². The number of carboxylic acid groups (broad SMARTS) is 2. The Morgan fingerprint density at radius 2 is 1.80 bits per heavy atom. The predicted molar refractivity (Wildman–Crippen MR) is 50.7 cm³/mol. The first-order valence-corrected chi connectivity index (χ1v) is 4.26. The zero-order valence-electron chi connectivity index (χ0n) is 7.79. The van der Waals surface area contributed by atoms with E-state index < -0.39 is 18.2 Å². The minimum atomic E-state index is -1.58.